The Balaban J connectivity index is 2.61. The number of alkyl halides is 3. The summed E-state index contributed by atoms with van der Waals surface area (Å²) in [5, 5.41) is 0. The van der Waals surface area contributed by atoms with Crippen molar-refractivity contribution in [1.29, 1.82) is 0 Å². The molecular formula is C7H3F3N2O. The molecule has 6 heteroatoms. The highest BCUT2D eigenvalue weighted by atomic mass is 19.4. The highest BCUT2D eigenvalue weighted by molar-refractivity contribution is 5.66. The number of pyridine rings is 1. The molecule has 0 radical (unpaired) electrons. The van der Waals surface area contributed by atoms with Crippen molar-refractivity contribution in [3.05, 3.63) is 24.2 Å². The molecule has 0 unspecified atom stereocenters. The molecule has 0 amide bonds. The summed E-state index contributed by atoms with van der Waals surface area (Å²) in [6.07, 6.45) is -3.38. The van der Waals surface area contributed by atoms with Gasteiger partial charge in [-0.2, -0.15) is 18.2 Å². The first-order chi connectivity index (χ1) is 6.07. The minimum absolute atomic E-state index is 0.0326. The van der Waals surface area contributed by atoms with E-state index in [1.807, 2.05) is 0 Å². The van der Waals surface area contributed by atoms with Gasteiger partial charge in [-0.1, -0.05) is 0 Å². The van der Waals surface area contributed by atoms with E-state index in [-0.39, 0.29) is 11.2 Å². The Morgan fingerprint density at radius 3 is 2.69 bits per heavy atom. The van der Waals surface area contributed by atoms with Crippen LogP contribution in [-0.2, 0) is 6.18 Å². The van der Waals surface area contributed by atoms with Crippen molar-refractivity contribution in [3.63, 3.8) is 0 Å². The minimum atomic E-state index is -4.44. The second-order valence-electron chi connectivity index (χ2n) is 2.37. The maximum atomic E-state index is 12.1. The summed E-state index contributed by atoms with van der Waals surface area (Å²) in [6, 6.07) is 2.05. The smallest absolute Gasteiger partial charge is 0.433 e. The van der Waals surface area contributed by atoms with Crippen molar-refractivity contribution >= 4 is 11.2 Å². The first-order valence-electron chi connectivity index (χ1n) is 3.35. The number of hydrogen-bond donors (Lipinski definition) is 0. The average molecular weight is 188 g/mol. The molecule has 2 aromatic heterocycles. The van der Waals surface area contributed by atoms with Gasteiger partial charge in [-0.3, -0.25) is 0 Å². The van der Waals surface area contributed by atoms with Crippen LogP contribution in [0, 0.1) is 0 Å². The lowest BCUT2D eigenvalue weighted by Crippen LogP contribution is -2.07. The Bertz CT molecular complexity index is 434. The third-order valence-corrected chi connectivity index (χ3v) is 1.48. The zero-order valence-corrected chi connectivity index (χ0v) is 6.17. The number of fused-ring (bicyclic) bond motifs is 1. The van der Waals surface area contributed by atoms with E-state index in [9.17, 15) is 13.2 Å². The summed E-state index contributed by atoms with van der Waals surface area (Å²) in [4.78, 5) is 6.79. The molecule has 0 bridgehead atoms. The molecule has 2 heterocycles. The van der Waals surface area contributed by atoms with Crippen molar-refractivity contribution < 1.29 is 17.6 Å². The largest absolute Gasteiger partial charge is 0.442 e. The van der Waals surface area contributed by atoms with Gasteiger partial charge in [0.2, 0.25) is 0 Å². The zero-order valence-electron chi connectivity index (χ0n) is 6.17. The quantitative estimate of drug-likeness (QED) is 0.636. The zero-order chi connectivity index (χ0) is 9.47. The molecule has 0 saturated carbocycles. The van der Waals surface area contributed by atoms with Gasteiger partial charge in [0.1, 0.15) is 5.69 Å². The van der Waals surface area contributed by atoms with Crippen LogP contribution in [0.3, 0.4) is 0 Å². The molecule has 0 aliphatic heterocycles. The van der Waals surface area contributed by atoms with Crippen LogP contribution in [0.15, 0.2) is 22.9 Å². The molecule has 68 valence electrons. The van der Waals surface area contributed by atoms with Gasteiger partial charge in [0.25, 0.3) is 0 Å². The lowest BCUT2D eigenvalue weighted by molar-refractivity contribution is -0.141. The van der Waals surface area contributed by atoms with Crippen LogP contribution in [-0.4, -0.2) is 9.97 Å². The molecular weight excluding hydrogens is 185 g/mol. The molecule has 13 heavy (non-hydrogen) atoms. The second kappa shape index (κ2) is 2.45. The molecule has 0 aliphatic carbocycles. The van der Waals surface area contributed by atoms with E-state index in [4.69, 9.17) is 4.42 Å². The fourth-order valence-electron chi connectivity index (χ4n) is 0.911. The van der Waals surface area contributed by atoms with E-state index in [2.05, 4.69) is 9.97 Å². The first kappa shape index (κ1) is 8.03. The molecule has 0 aliphatic rings. The number of aromatic nitrogens is 2. The van der Waals surface area contributed by atoms with E-state index in [1.54, 1.807) is 0 Å². The third kappa shape index (κ3) is 1.34. The molecule has 0 fully saturated rings. The van der Waals surface area contributed by atoms with Crippen LogP contribution < -0.4 is 0 Å². The molecule has 0 atom stereocenters. The van der Waals surface area contributed by atoms with Gasteiger partial charge < -0.3 is 4.42 Å². The fraction of sp³-hybridized carbons (Fsp3) is 0.143. The summed E-state index contributed by atoms with van der Waals surface area (Å²) in [6.45, 7) is 0. The molecule has 0 spiro atoms. The predicted molar refractivity (Wildman–Crippen MR) is 36.8 cm³/mol. The van der Waals surface area contributed by atoms with Gasteiger partial charge in [0, 0.05) is 0 Å². The van der Waals surface area contributed by atoms with Crippen LogP contribution in [0.5, 0.6) is 0 Å². The highest BCUT2D eigenvalue weighted by Crippen LogP contribution is 2.28. The molecule has 0 saturated heterocycles. The van der Waals surface area contributed by atoms with Crippen LogP contribution in [0.4, 0.5) is 13.2 Å². The van der Waals surface area contributed by atoms with Gasteiger partial charge in [-0.25, -0.2) is 4.98 Å². The van der Waals surface area contributed by atoms with Crippen LogP contribution in [0.25, 0.3) is 11.2 Å². The summed E-state index contributed by atoms with van der Waals surface area (Å²) in [7, 11) is 0. The lowest BCUT2D eigenvalue weighted by Gasteiger charge is -2.03. The fourth-order valence-corrected chi connectivity index (χ4v) is 0.911. The Morgan fingerprint density at radius 1 is 1.23 bits per heavy atom. The molecule has 3 nitrogen and oxygen atoms in total. The summed E-state index contributed by atoms with van der Waals surface area (Å²) < 4.78 is 41.0. The Morgan fingerprint density at radius 2 is 2.00 bits per heavy atom. The SMILES string of the molecule is FC(F)(F)c1ccc2ocnc2n1. The van der Waals surface area contributed by atoms with Crippen molar-refractivity contribution in [2.45, 2.75) is 6.18 Å². The van der Waals surface area contributed by atoms with E-state index in [0.29, 0.717) is 0 Å². The van der Waals surface area contributed by atoms with E-state index in [0.717, 1.165) is 12.5 Å². The predicted octanol–water partition coefficient (Wildman–Crippen LogP) is 2.24. The van der Waals surface area contributed by atoms with E-state index < -0.39 is 11.9 Å². The Labute approximate surface area is 70.2 Å². The number of hydrogen-bond acceptors (Lipinski definition) is 3. The maximum absolute atomic E-state index is 12.1. The van der Waals surface area contributed by atoms with Crippen molar-refractivity contribution in [3.8, 4) is 0 Å². The van der Waals surface area contributed by atoms with Crippen LogP contribution >= 0.6 is 0 Å². The molecule has 0 aromatic carbocycles. The maximum Gasteiger partial charge on any atom is 0.433 e. The molecule has 0 N–H and O–H groups in total. The Hall–Kier alpha value is -1.59. The van der Waals surface area contributed by atoms with Gasteiger partial charge >= 0.3 is 6.18 Å². The topological polar surface area (TPSA) is 38.9 Å². The third-order valence-electron chi connectivity index (χ3n) is 1.48. The average Bonchev–Trinajstić information content (AvgIpc) is 2.47. The molecule has 2 rings (SSSR count). The van der Waals surface area contributed by atoms with Gasteiger partial charge in [0.05, 0.1) is 0 Å². The number of oxazole rings is 1. The normalized spacial score (nSPS) is 12.2. The monoisotopic (exact) mass is 188 g/mol. The number of nitrogens with zero attached hydrogens (tertiary/aromatic N) is 2. The summed E-state index contributed by atoms with van der Waals surface area (Å²) >= 11 is 0. The van der Waals surface area contributed by atoms with Crippen LogP contribution in [0.2, 0.25) is 0 Å². The lowest BCUT2D eigenvalue weighted by atomic mass is 10.3. The number of halogens is 3. The first-order valence-corrected chi connectivity index (χ1v) is 3.35. The second-order valence-corrected chi connectivity index (χ2v) is 2.37. The van der Waals surface area contributed by atoms with Crippen molar-refractivity contribution in [2.75, 3.05) is 0 Å². The molecule has 2 aromatic rings. The van der Waals surface area contributed by atoms with E-state index in [1.165, 1.54) is 6.07 Å². The van der Waals surface area contributed by atoms with Gasteiger partial charge in [0.15, 0.2) is 17.6 Å². The summed E-state index contributed by atoms with van der Waals surface area (Å²) in [5.41, 5.74) is -0.753. The standard InChI is InChI=1S/C7H3F3N2O/c8-7(9,10)5-2-1-4-6(12-5)11-3-13-4/h1-3H. The summed E-state index contributed by atoms with van der Waals surface area (Å²) in [5.74, 6) is 0. The minimum Gasteiger partial charge on any atom is -0.442 e. The van der Waals surface area contributed by atoms with Crippen LogP contribution in [0.1, 0.15) is 5.69 Å². The van der Waals surface area contributed by atoms with E-state index >= 15 is 0 Å². The van der Waals surface area contributed by atoms with Crippen molar-refractivity contribution in [2.24, 2.45) is 0 Å². The Kier molecular flexibility index (Phi) is 1.51. The van der Waals surface area contributed by atoms with Crippen molar-refractivity contribution in [1.82, 2.24) is 9.97 Å². The van der Waals surface area contributed by atoms with Gasteiger partial charge in [-0.05, 0) is 12.1 Å². The van der Waals surface area contributed by atoms with Gasteiger partial charge in [-0.15, -0.1) is 0 Å². The highest BCUT2D eigenvalue weighted by Gasteiger charge is 2.32. The number of rotatable bonds is 0.